The summed E-state index contributed by atoms with van der Waals surface area (Å²) in [6.45, 7) is 9.12. The van der Waals surface area contributed by atoms with Crippen LogP contribution in [0.15, 0.2) is 5.10 Å². The van der Waals surface area contributed by atoms with Gasteiger partial charge in [0.2, 0.25) is 0 Å². The van der Waals surface area contributed by atoms with Crippen molar-refractivity contribution in [2.24, 2.45) is 69.4 Å². The molecule has 170 valence electrons. The molecule has 5 unspecified atom stereocenters. The Kier molecular flexibility index (Phi) is 6.22. The van der Waals surface area contributed by atoms with Gasteiger partial charge in [0.15, 0.2) is 5.78 Å². The van der Waals surface area contributed by atoms with Crippen molar-refractivity contribution in [2.75, 3.05) is 6.54 Å². The second-order valence-electron chi connectivity index (χ2n) is 11.6. The quantitative estimate of drug-likeness (QED) is 0.298. The number of nitrogens with zero attached hydrogens (tertiary/aromatic N) is 2. The van der Waals surface area contributed by atoms with Crippen LogP contribution in [0, 0.1) is 52.8 Å². The molecule has 0 bridgehead atoms. The molecule has 0 saturated heterocycles. The number of carbonyl (C=O) groups excluding carboxylic acids is 1. The first-order chi connectivity index (χ1) is 14.2. The lowest BCUT2D eigenvalue weighted by atomic mass is 9.48. The number of hydrazine groups is 1. The predicted molar refractivity (Wildman–Crippen MR) is 122 cm³/mol. The minimum Gasteiger partial charge on any atom is -0.386 e. The minimum absolute atomic E-state index is 0.122. The molecular weight excluding hydrogens is 372 g/mol. The number of hydrazone groups is 1. The maximum absolute atomic E-state index is 13.4. The van der Waals surface area contributed by atoms with Crippen LogP contribution in [-0.4, -0.2) is 23.3 Å². The predicted octanol–water partition coefficient (Wildman–Crippen LogP) is 4.56. The summed E-state index contributed by atoms with van der Waals surface area (Å²) in [5.41, 5.74) is 5.79. The number of hydrogen-bond acceptors (Lipinski definition) is 4. The number of Topliss-reactive ketones (excluding diaryl/α,β-unsaturated/α-hetero) is 1. The van der Waals surface area contributed by atoms with Crippen molar-refractivity contribution in [3.05, 3.63) is 0 Å². The second kappa shape index (κ2) is 8.44. The standard InChI is InChI=1S/C25H44N4O/c1-5-17-13-22(23(30)14-29(27)28-16(3)26)25(4)11-10-20-19-8-6-15(2)12-18(19)7-9-21(20)24(17)25/h15,17-22,24H,5-14,27H2,1-4H3,(H2,26,28)/t15?,17-,18?,19?,20?,21-,22-,24?,25-/m1/s1. The van der Waals surface area contributed by atoms with Gasteiger partial charge in [0.05, 0.1) is 0 Å². The maximum atomic E-state index is 13.4. The van der Waals surface area contributed by atoms with Crippen LogP contribution in [0.25, 0.3) is 0 Å². The molecule has 4 saturated carbocycles. The summed E-state index contributed by atoms with van der Waals surface area (Å²) in [5, 5.41) is 5.30. The van der Waals surface area contributed by atoms with Crippen LogP contribution >= 0.6 is 0 Å². The van der Waals surface area contributed by atoms with Crippen LogP contribution in [0.5, 0.6) is 0 Å². The molecule has 4 fully saturated rings. The number of ketones is 1. The number of rotatable bonds is 5. The molecule has 0 heterocycles. The first-order valence-electron chi connectivity index (χ1n) is 12.6. The summed E-state index contributed by atoms with van der Waals surface area (Å²) in [6.07, 6.45) is 12.0. The average Bonchev–Trinajstić information content (AvgIpc) is 2.99. The fourth-order valence-electron chi connectivity index (χ4n) is 8.80. The Morgan fingerprint density at radius 2 is 1.83 bits per heavy atom. The molecular formula is C25H44N4O. The number of nitrogens with two attached hydrogens (primary N) is 2. The smallest absolute Gasteiger partial charge is 0.159 e. The van der Waals surface area contributed by atoms with Crippen LogP contribution in [0.4, 0.5) is 0 Å². The first kappa shape index (κ1) is 22.1. The third kappa shape index (κ3) is 3.80. The van der Waals surface area contributed by atoms with Gasteiger partial charge in [0.25, 0.3) is 0 Å². The fraction of sp³-hybridized carbons (Fsp3) is 0.920. The second-order valence-corrected chi connectivity index (χ2v) is 11.6. The summed E-state index contributed by atoms with van der Waals surface area (Å²) in [4.78, 5) is 13.4. The zero-order valence-electron chi connectivity index (χ0n) is 19.6. The van der Waals surface area contributed by atoms with Crippen LogP contribution in [0.3, 0.4) is 0 Å². The monoisotopic (exact) mass is 416 g/mol. The topological polar surface area (TPSA) is 84.7 Å². The molecule has 0 radical (unpaired) electrons. The van der Waals surface area contributed by atoms with Gasteiger partial charge in [-0.25, -0.2) is 11.0 Å². The van der Waals surface area contributed by atoms with Gasteiger partial charge in [-0.05, 0) is 98.7 Å². The molecule has 4 N–H and O–H groups in total. The Balaban J connectivity index is 1.54. The Bertz CT molecular complexity index is 674. The lowest BCUT2D eigenvalue weighted by Gasteiger charge is -2.57. The molecule has 0 amide bonds. The largest absolute Gasteiger partial charge is 0.386 e. The van der Waals surface area contributed by atoms with Gasteiger partial charge >= 0.3 is 0 Å². The van der Waals surface area contributed by atoms with Crippen LogP contribution < -0.4 is 11.6 Å². The summed E-state index contributed by atoms with van der Waals surface area (Å²) in [5.74, 6) is 12.7. The molecule has 4 aliphatic carbocycles. The molecule has 4 aliphatic rings. The van der Waals surface area contributed by atoms with E-state index < -0.39 is 0 Å². The van der Waals surface area contributed by atoms with Crippen molar-refractivity contribution in [2.45, 2.75) is 85.5 Å². The van der Waals surface area contributed by atoms with Gasteiger partial charge in [-0.3, -0.25) is 4.79 Å². The van der Waals surface area contributed by atoms with Crippen molar-refractivity contribution in [1.29, 1.82) is 0 Å². The van der Waals surface area contributed by atoms with Gasteiger partial charge in [0.1, 0.15) is 12.4 Å². The van der Waals surface area contributed by atoms with Crippen LogP contribution in [-0.2, 0) is 4.79 Å². The zero-order valence-corrected chi connectivity index (χ0v) is 19.6. The lowest BCUT2D eigenvalue weighted by Crippen LogP contribution is -2.51. The Labute approximate surface area is 183 Å². The molecule has 0 spiro atoms. The number of fused-ring (bicyclic) bond motifs is 5. The first-order valence-corrected chi connectivity index (χ1v) is 12.6. The van der Waals surface area contributed by atoms with E-state index in [1.54, 1.807) is 6.92 Å². The van der Waals surface area contributed by atoms with E-state index in [4.69, 9.17) is 11.6 Å². The van der Waals surface area contributed by atoms with E-state index in [0.29, 0.717) is 17.7 Å². The SMILES string of the molecule is CC[C@@H]1C[C@H](C(=O)CN(N)/N=C(/C)N)[C@@]2(C)CCC3C4CCC(C)CC4CC[C@H]3C12. The van der Waals surface area contributed by atoms with Crippen molar-refractivity contribution in [3.63, 3.8) is 0 Å². The molecule has 5 heteroatoms. The summed E-state index contributed by atoms with van der Waals surface area (Å²) in [7, 11) is 0. The van der Waals surface area contributed by atoms with Gasteiger partial charge in [-0.15, -0.1) is 5.10 Å². The van der Waals surface area contributed by atoms with Gasteiger partial charge in [0, 0.05) is 5.92 Å². The highest BCUT2D eigenvalue weighted by Gasteiger charge is 2.61. The third-order valence-electron chi connectivity index (χ3n) is 9.87. The van der Waals surface area contributed by atoms with Crippen molar-refractivity contribution in [1.82, 2.24) is 5.12 Å². The molecule has 0 aromatic rings. The zero-order chi connectivity index (χ0) is 21.6. The Morgan fingerprint density at radius 3 is 2.53 bits per heavy atom. The van der Waals surface area contributed by atoms with E-state index in [1.165, 1.54) is 56.5 Å². The molecule has 0 aliphatic heterocycles. The highest BCUT2D eigenvalue weighted by Crippen LogP contribution is 2.66. The number of carbonyl (C=O) groups is 1. The Hall–Kier alpha value is -1.10. The van der Waals surface area contributed by atoms with Crippen LogP contribution in [0.1, 0.15) is 85.5 Å². The van der Waals surface area contributed by atoms with E-state index in [2.05, 4.69) is 25.9 Å². The van der Waals surface area contributed by atoms with E-state index in [-0.39, 0.29) is 23.7 Å². The van der Waals surface area contributed by atoms with Crippen molar-refractivity contribution in [3.8, 4) is 0 Å². The molecule has 30 heavy (non-hydrogen) atoms. The summed E-state index contributed by atoms with van der Waals surface area (Å²) < 4.78 is 0. The third-order valence-corrected chi connectivity index (χ3v) is 9.87. The van der Waals surface area contributed by atoms with E-state index in [9.17, 15) is 4.79 Å². The minimum atomic E-state index is 0.122. The summed E-state index contributed by atoms with van der Waals surface area (Å²) >= 11 is 0. The van der Waals surface area contributed by atoms with Crippen LogP contribution in [0.2, 0.25) is 0 Å². The summed E-state index contributed by atoms with van der Waals surface area (Å²) in [6, 6.07) is 0. The fourth-order valence-corrected chi connectivity index (χ4v) is 8.80. The Morgan fingerprint density at radius 1 is 1.10 bits per heavy atom. The lowest BCUT2D eigenvalue weighted by molar-refractivity contribution is -0.132. The molecule has 9 atom stereocenters. The van der Waals surface area contributed by atoms with E-state index >= 15 is 0 Å². The van der Waals surface area contributed by atoms with E-state index in [0.717, 1.165) is 36.0 Å². The van der Waals surface area contributed by atoms with Crippen molar-refractivity contribution < 1.29 is 4.79 Å². The molecule has 4 rings (SSSR count). The number of hydrogen-bond donors (Lipinski definition) is 2. The van der Waals surface area contributed by atoms with Crippen molar-refractivity contribution >= 4 is 11.6 Å². The molecule has 5 nitrogen and oxygen atoms in total. The average molecular weight is 417 g/mol. The normalized spacial score (nSPS) is 46.0. The molecule has 0 aromatic carbocycles. The molecule has 0 aromatic heterocycles. The van der Waals surface area contributed by atoms with Gasteiger partial charge in [-0.2, -0.15) is 0 Å². The highest BCUT2D eigenvalue weighted by molar-refractivity contribution is 5.84. The van der Waals surface area contributed by atoms with Gasteiger partial charge < -0.3 is 5.73 Å². The highest BCUT2D eigenvalue weighted by atomic mass is 16.1. The number of amidine groups is 1. The maximum Gasteiger partial charge on any atom is 0.159 e. The van der Waals surface area contributed by atoms with E-state index in [1.807, 2.05) is 0 Å². The van der Waals surface area contributed by atoms with Gasteiger partial charge in [-0.1, -0.05) is 33.6 Å².